The molecule has 0 aliphatic carbocycles. The van der Waals surface area contributed by atoms with Crippen molar-refractivity contribution in [3.63, 3.8) is 0 Å². The minimum absolute atomic E-state index is 0.730. The molecule has 94 valence electrons. The molecule has 0 radical (unpaired) electrons. The van der Waals surface area contributed by atoms with Gasteiger partial charge in [-0.1, -0.05) is 0 Å². The Morgan fingerprint density at radius 2 is 1.94 bits per heavy atom. The third kappa shape index (κ3) is 2.84. The predicted octanol–water partition coefficient (Wildman–Crippen LogP) is 1.56. The van der Waals surface area contributed by atoms with E-state index in [9.17, 15) is 0 Å². The zero-order valence-corrected chi connectivity index (χ0v) is 11.5. The zero-order chi connectivity index (χ0) is 12.3. The number of hydrogen-bond acceptors (Lipinski definition) is 5. The molecule has 5 heteroatoms. The summed E-state index contributed by atoms with van der Waals surface area (Å²) in [5.74, 6) is 1.75. The molecule has 1 fully saturated rings. The SMILES string of the molecule is COc1nc(N2CCN(C)CC2)ccc1SC. The van der Waals surface area contributed by atoms with Gasteiger partial charge in [0.2, 0.25) is 5.88 Å². The van der Waals surface area contributed by atoms with Gasteiger partial charge < -0.3 is 14.5 Å². The Hall–Kier alpha value is -0.940. The van der Waals surface area contributed by atoms with Gasteiger partial charge in [0, 0.05) is 26.2 Å². The second-order valence-electron chi connectivity index (χ2n) is 4.17. The highest BCUT2D eigenvalue weighted by atomic mass is 32.2. The molecule has 17 heavy (non-hydrogen) atoms. The molecule has 1 aromatic heterocycles. The quantitative estimate of drug-likeness (QED) is 0.763. The number of anilines is 1. The van der Waals surface area contributed by atoms with Gasteiger partial charge in [0.15, 0.2) is 0 Å². The molecule has 1 aliphatic heterocycles. The van der Waals surface area contributed by atoms with Gasteiger partial charge in [-0.2, -0.15) is 4.98 Å². The van der Waals surface area contributed by atoms with Crippen LogP contribution in [-0.2, 0) is 0 Å². The Labute approximate surface area is 107 Å². The summed E-state index contributed by atoms with van der Waals surface area (Å²) in [4.78, 5) is 10.3. The maximum Gasteiger partial charge on any atom is 0.229 e. The van der Waals surface area contributed by atoms with Crippen molar-refractivity contribution in [3.05, 3.63) is 12.1 Å². The monoisotopic (exact) mass is 253 g/mol. The van der Waals surface area contributed by atoms with Crippen molar-refractivity contribution >= 4 is 17.6 Å². The Balaban J connectivity index is 2.16. The van der Waals surface area contributed by atoms with Crippen molar-refractivity contribution in [2.75, 3.05) is 51.5 Å². The summed E-state index contributed by atoms with van der Waals surface area (Å²) in [6, 6.07) is 4.17. The lowest BCUT2D eigenvalue weighted by Crippen LogP contribution is -2.44. The van der Waals surface area contributed by atoms with Crippen LogP contribution in [-0.4, -0.2) is 56.5 Å². The maximum atomic E-state index is 5.32. The fraction of sp³-hybridized carbons (Fsp3) is 0.583. The molecule has 2 heterocycles. The first-order valence-corrected chi connectivity index (χ1v) is 6.99. The number of hydrogen-bond donors (Lipinski definition) is 0. The van der Waals surface area contributed by atoms with Crippen LogP contribution in [0.2, 0.25) is 0 Å². The van der Waals surface area contributed by atoms with Crippen LogP contribution in [0.5, 0.6) is 5.88 Å². The summed E-state index contributed by atoms with van der Waals surface area (Å²) >= 11 is 1.66. The standard InChI is InChI=1S/C12H19N3OS/c1-14-6-8-15(9-7-14)11-5-4-10(17-3)12(13-11)16-2/h4-5H,6-9H2,1-3H3. The summed E-state index contributed by atoms with van der Waals surface area (Å²) in [6.07, 6.45) is 2.04. The van der Waals surface area contributed by atoms with E-state index in [1.54, 1.807) is 18.9 Å². The topological polar surface area (TPSA) is 28.6 Å². The van der Waals surface area contributed by atoms with Crippen molar-refractivity contribution in [1.82, 2.24) is 9.88 Å². The number of ether oxygens (including phenoxy) is 1. The Kier molecular flexibility index (Phi) is 4.12. The van der Waals surface area contributed by atoms with Gasteiger partial charge in [-0.05, 0) is 25.4 Å². The molecule has 2 rings (SSSR count). The largest absolute Gasteiger partial charge is 0.480 e. The maximum absolute atomic E-state index is 5.32. The van der Waals surface area contributed by atoms with E-state index in [1.807, 2.05) is 6.26 Å². The average Bonchev–Trinajstić information content (AvgIpc) is 2.39. The fourth-order valence-corrected chi connectivity index (χ4v) is 2.44. The summed E-state index contributed by atoms with van der Waals surface area (Å²) < 4.78 is 5.32. The second-order valence-corrected chi connectivity index (χ2v) is 5.02. The first-order chi connectivity index (χ1) is 8.24. The summed E-state index contributed by atoms with van der Waals surface area (Å²) in [7, 11) is 3.83. The van der Waals surface area contributed by atoms with Gasteiger partial charge in [0.05, 0.1) is 12.0 Å². The van der Waals surface area contributed by atoms with E-state index >= 15 is 0 Å². The van der Waals surface area contributed by atoms with Crippen molar-refractivity contribution < 1.29 is 4.74 Å². The minimum Gasteiger partial charge on any atom is -0.480 e. The van der Waals surface area contributed by atoms with Gasteiger partial charge in [-0.15, -0.1) is 11.8 Å². The smallest absolute Gasteiger partial charge is 0.229 e. The molecular formula is C12H19N3OS. The van der Waals surface area contributed by atoms with Crippen LogP contribution >= 0.6 is 11.8 Å². The molecule has 0 atom stereocenters. The highest BCUT2D eigenvalue weighted by Crippen LogP contribution is 2.28. The number of rotatable bonds is 3. The first kappa shape index (κ1) is 12.5. The van der Waals surface area contributed by atoms with E-state index in [0.29, 0.717) is 0 Å². The van der Waals surface area contributed by atoms with Crippen molar-refractivity contribution in [2.24, 2.45) is 0 Å². The summed E-state index contributed by atoms with van der Waals surface area (Å²) in [5, 5.41) is 0. The Bertz CT molecular complexity index is 378. The molecule has 0 saturated carbocycles. The number of pyridine rings is 1. The van der Waals surface area contributed by atoms with Crippen LogP contribution in [0.1, 0.15) is 0 Å². The fourth-order valence-electron chi connectivity index (χ4n) is 1.93. The third-order valence-electron chi connectivity index (χ3n) is 3.05. The highest BCUT2D eigenvalue weighted by Gasteiger charge is 2.16. The van der Waals surface area contributed by atoms with Gasteiger partial charge >= 0.3 is 0 Å². The normalized spacial score (nSPS) is 17.2. The van der Waals surface area contributed by atoms with E-state index in [4.69, 9.17) is 4.74 Å². The Morgan fingerprint density at radius 3 is 2.53 bits per heavy atom. The second kappa shape index (κ2) is 5.60. The van der Waals surface area contributed by atoms with Crippen LogP contribution in [0.15, 0.2) is 17.0 Å². The first-order valence-electron chi connectivity index (χ1n) is 5.77. The summed E-state index contributed by atoms with van der Waals surface area (Å²) in [5.41, 5.74) is 0. The molecular weight excluding hydrogens is 234 g/mol. The highest BCUT2D eigenvalue weighted by molar-refractivity contribution is 7.98. The van der Waals surface area contributed by atoms with Gasteiger partial charge in [0.1, 0.15) is 5.82 Å². The number of nitrogens with zero attached hydrogens (tertiary/aromatic N) is 3. The number of methoxy groups -OCH3 is 1. The Morgan fingerprint density at radius 1 is 1.24 bits per heavy atom. The van der Waals surface area contributed by atoms with Gasteiger partial charge in [-0.3, -0.25) is 0 Å². The lowest BCUT2D eigenvalue weighted by molar-refractivity contribution is 0.311. The van der Waals surface area contributed by atoms with Crippen molar-refractivity contribution in [2.45, 2.75) is 4.90 Å². The van der Waals surface area contributed by atoms with E-state index in [1.165, 1.54) is 0 Å². The van der Waals surface area contributed by atoms with Crippen LogP contribution in [0, 0.1) is 0 Å². The third-order valence-corrected chi connectivity index (χ3v) is 3.80. The molecule has 1 saturated heterocycles. The average molecular weight is 253 g/mol. The van der Waals surface area contributed by atoms with Gasteiger partial charge in [-0.25, -0.2) is 0 Å². The van der Waals surface area contributed by atoms with E-state index in [0.717, 1.165) is 42.8 Å². The van der Waals surface area contributed by atoms with Crippen LogP contribution < -0.4 is 9.64 Å². The molecule has 0 N–H and O–H groups in total. The van der Waals surface area contributed by atoms with E-state index in [2.05, 4.69) is 34.0 Å². The lowest BCUT2D eigenvalue weighted by Gasteiger charge is -2.33. The van der Waals surface area contributed by atoms with Crippen molar-refractivity contribution in [1.29, 1.82) is 0 Å². The molecule has 0 bridgehead atoms. The minimum atomic E-state index is 0.730. The summed E-state index contributed by atoms with van der Waals surface area (Å²) in [6.45, 7) is 4.25. The van der Waals surface area contributed by atoms with Gasteiger partial charge in [0.25, 0.3) is 0 Å². The molecule has 1 aliphatic rings. The molecule has 0 aromatic carbocycles. The molecule has 0 unspecified atom stereocenters. The number of thioether (sulfide) groups is 1. The molecule has 4 nitrogen and oxygen atoms in total. The van der Waals surface area contributed by atoms with E-state index in [-0.39, 0.29) is 0 Å². The van der Waals surface area contributed by atoms with E-state index < -0.39 is 0 Å². The van der Waals surface area contributed by atoms with Crippen LogP contribution in [0.25, 0.3) is 0 Å². The van der Waals surface area contributed by atoms with Crippen LogP contribution in [0.3, 0.4) is 0 Å². The number of likely N-dealkylation sites (N-methyl/N-ethyl adjacent to an activating group) is 1. The lowest BCUT2D eigenvalue weighted by atomic mass is 10.3. The number of aromatic nitrogens is 1. The molecule has 0 spiro atoms. The molecule has 1 aromatic rings. The van der Waals surface area contributed by atoms with Crippen molar-refractivity contribution in [3.8, 4) is 5.88 Å². The molecule has 0 amide bonds. The van der Waals surface area contributed by atoms with Crippen LogP contribution in [0.4, 0.5) is 5.82 Å². The predicted molar refractivity (Wildman–Crippen MR) is 72.3 cm³/mol. The zero-order valence-electron chi connectivity index (χ0n) is 10.6. The number of piperazine rings is 1.